The van der Waals surface area contributed by atoms with Crippen LogP contribution in [0.3, 0.4) is 0 Å². The second-order valence-electron chi connectivity index (χ2n) is 5.75. The van der Waals surface area contributed by atoms with Gasteiger partial charge in [-0.25, -0.2) is 0 Å². The molecule has 0 saturated carbocycles. The first-order chi connectivity index (χ1) is 13.2. The summed E-state index contributed by atoms with van der Waals surface area (Å²) in [5.74, 6) is 3.14. The van der Waals surface area contributed by atoms with Gasteiger partial charge in [-0.3, -0.25) is 0 Å². The summed E-state index contributed by atoms with van der Waals surface area (Å²) in [5.41, 5.74) is 1.88. The third kappa shape index (κ3) is 3.70. The van der Waals surface area contributed by atoms with Crippen LogP contribution >= 0.6 is 11.8 Å². The van der Waals surface area contributed by atoms with Crippen LogP contribution < -0.4 is 4.74 Å². The van der Waals surface area contributed by atoms with E-state index >= 15 is 0 Å². The van der Waals surface area contributed by atoms with Crippen molar-refractivity contribution in [3.8, 4) is 28.6 Å². The van der Waals surface area contributed by atoms with Crippen LogP contribution in [0.5, 0.6) is 5.75 Å². The Morgan fingerprint density at radius 1 is 0.926 bits per heavy atom. The first kappa shape index (κ1) is 17.3. The van der Waals surface area contributed by atoms with Crippen molar-refractivity contribution in [2.24, 2.45) is 7.05 Å². The molecule has 0 bridgehead atoms. The monoisotopic (exact) mass is 379 g/mol. The van der Waals surface area contributed by atoms with Crippen molar-refractivity contribution in [2.75, 3.05) is 7.11 Å². The van der Waals surface area contributed by atoms with E-state index in [2.05, 4.69) is 20.4 Å². The molecule has 0 atom stereocenters. The summed E-state index contributed by atoms with van der Waals surface area (Å²) in [4.78, 5) is 0. The zero-order chi connectivity index (χ0) is 18.6. The predicted molar refractivity (Wildman–Crippen MR) is 102 cm³/mol. The highest BCUT2D eigenvalue weighted by molar-refractivity contribution is 7.98. The first-order valence-corrected chi connectivity index (χ1v) is 9.27. The molecule has 27 heavy (non-hydrogen) atoms. The minimum atomic E-state index is 0.483. The van der Waals surface area contributed by atoms with Crippen molar-refractivity contribution < 1.29 is 9.15 Å². The smallest absolute Gasteiger partial charge is 0.247 e. The Kier molecular flexibility index (Phi) is 4.88. The zero-order valence-corrected chi connectivity index (χ0v) is 15.7. The van der Waals surface area contributed by atoms with E-state index < -0.39 is 0 Å². The van der Waals surface area contributed by atoms with Crippen LogP contribution in [-0.2, 0) is 12.8 Å². The van der Waals surface area contributed by atoms with Crippen LogP contribution in [0.2, 0.25) is 0 Å². The third-order valence-corrected chi connectivity index (χ3v) is 5.00. The molecule has 2 aromatic carbocycles. The van der Waals surface area contributed by atoms with E-state index in [9.17, 15) is 0 Å². The quantitative estimate of drug-likeness (QED) is 0.471. The molecule has 0 radical (unpaired) electrons. The lowest BCUT2D eigenvalue weighted by Crippen LogP contribution is -1.95. The van der Waals surface area contributed by atoms with Crippen molar-refractivity contribution >= 4 is 11.8 Å². The molecule has 0 N–H and O–H groups in total. The van der Waals surface area contributed by atoms with E-state index in [0.29, 0.717) is 17.5 Å². The summed E-state index contributed by atoms with van der Waals surface area (Å²) < 4.78 is 12.9. The van der Waals surface area contributed by atoms with Crippen molar-refractivity contribution in [1.82, 2.24) is 25.0 Å². The number of thioether (sulfide) groups is 1. The second kappa shape index (κ2) is 7.63. The molecular weight excluding hydrogens is 362 g/mol. The predicted octanol–water partition coefficient (Wildman–Crippen LogP) is 3.83. The highest BCUT2D eigenvalue weighted by Gasteiger charge is 2.14. The van der Waals surface area contributed by atoms with Gasteiger partial charge in [-0.05, 0) is 24.3 Å². The Hall–Kier alpha value is -3.13. The van der Waals surface area contributed by atoms with Gasteiger partial charge in [-0.2, -0.15) is 0 Å². The Labute approximate surface area is 160 Å². The van der Waals surface area contributed by atoms with E-state index in [1.807, 2.05) is 66.2 Å². The molecule has 0 aliphatic carbocycles. The summed E-state index contributed by atoms with van der Waals surface area (Å²) in [6.07, 6.45) is 0. The van der Waals surface area contributed by atoms with Gasteiger partial charge < -0.3 is 13.7 Å². The van der Waals surface area contributed by atoms with Crippen molar-refractivity contribution in [1.29, 1.82) is 0 Å². The molecule has 0 spiro atoms. The maximum atomic E-state index is 5.75. The van der Waals surface area contributed by atoms with Crippen molar-refractivity contribution in [3.63, 3.8) is 0 Å². The van der Waals surface area contributed by atoms with E-state index in [4.69, 9.17) is 9.15 Å². The number of nitrogens with zero attached hydrogens (tertiary/aromatic N) is 5. The fourth-order valence-electron chi connectivity index (χ4n) is 2.57. The van der Waals surface area contributed by atoms with Crippen molar-refractivity contribution in [2.45, 2.75) is 10.9 Å². The molecule has 0 amide bonds. The number of ether oxygens (including phenoxy) is 1. The van der Waals surface area contributed by atoms with Crippen LogP contribution in [0.1, 0.15) is 5.89 Å². The number of hydrogen-bond acceptors (Lipinski definition) is 7. The minimum Gasteiger partial charge on any atom is -0.497 e. The van der Waals surface area contributed by atoms with Gasteiger partial charge in [0.15, 0.2) is 11.0 Å². The second-order valence-corrected chi connectivity index (χ2v) is 6.69. The van der Waals surface area contributed by atoms with Gasteiger partial charge >= 0.3 is 0 Å². The largest absolute Gasteiger partial charge is 0.497 e. The standard InChI is InChI=1S/C19H17N5O2S/c1-24-17(13-6-4-3-5-7-13)21-23-19(24)27-12-16-20-22-18(26-16)14-8-10-15(25-2)11-9-14/h3-11H,12H2,1-2H3. The number of benzene rings is 2. The van der Waals surface area contributed by atoms with Gasteiger partial charge in [-0.1, -0.05) is 42.1 Å². The Bertz CT molecular complexity index is 1030. The number of methoxy groups -OCH3 is 1. The summed E-state index contributed by atoms with van der Waals surface area (Å²) in [6.45, 7) is 0. The number of aromatic nitrogens is 5. The normalized spacial score (nSPS) is 10.9. The molecule has 7 nitrogen and oxygen atoms in total. The first-order valence-electron chi connectivity index (χ1n) is 8.29. The lowest BCUT2D eigenvalue weighted by atomic mass is 10.2. The van der Waals surface area contributed by atoms with Gasteiger partial charge in [0.2, 0.25) is 11.8 Å². The fraction of sp³-hybridized carbons (Fsp3) is 0.158. The van der Waals surface area contributed by atoms with E-state index in [0.717, 1.165) is 27.9 Å². The van der Waals surface area contributed by atoms with Gasteiger partial charge in [0.05, 0.1) is 12.9 Å². The lowest BCUT2D eigenvalue weighted by Gasteiger charge is -2.02. The van der Waals surface area contributed by atoms with Gasteiger partial charge in [0.1, 0.15) is 5.75 Å². The molecule has 0 unspecified atom stereocenters. The molecule has 4 aromatic rings. The Balaban J connectivity index is 1.45. The molecule has 4 rings (SSSR count). The molecule has 0 fully saturated rings. The minimum absolute atomic E-state index is 0.483. The molecule has 2 aromatic heterocycles. The summed E-state index contributed by atoms with van der Waals surface area (Å²) in [7, 11) is 3.58. The maximum Gasteiger partial charge on any atom is 0.247 e. The molecule has 0 aliphatic heterocycles. The SMILES string of the molecule is COc1ccc(-c2nnc(CSc3nnc(-c4ccccc4)n3C)o2)cc1. The summed E-state index contributed by atoms with van der Waals surface area (Å²) in [5, 5.41) is 17.6. The highest BCUT2D eigenvalue weighted by Crippen LogP contribution is 2.26. The van der Waals surface area contributed by atoms with Gasteiger partial charge in [-0.15, -0.1) is 20.4 Å². The molecule has 8 heteroatoms. The topological polar surface area (TPSA) is 78.9 Å². The Morgan fingerprint density at radius 3 is 2.44 bits per heavy atom. The van der Waals surface area contributed by atoms with Gasteiger partial charge in [0.25, 0.3) is 0 Å². The van der Waals surface area contributed by atoms with E-state index in [1.54, 1.807) is 7.11 Å². The lowest BCUT2D eigenvalue weighted by molar-refractivity contribution is 0.415. The molecular formula is C19H17N5O2S. The third-order valence-electron chi connectivity index (χ3n) is 4.00. The maximum absolute atomic E-state index is 5.75. The zero-order valence-electron chi connectivity index (χ0n) is 14.9. The van der Waals surface area contributed by atoms with Crippen LogP contribution in [0.25, 0.3) is 22.8 Å². The number of hydrogen-bond donors (Lipinski definition) is 0. The van der Waals surface area contributed by atoms with Crippen LogP contribution in [0, 0.1) is 0 Å². The average molecular weight is 379 g/mol. The molecule has 2 heterocycles. The molecule has 136 valence electrons. The highest BCUT2D eigenvalue weighted by atomic mass is 32.2. The number of rotatable bonds is 6. The van der Waals surface area contributed by atoms with Crippen LogP contribution in [0.4, 0.5) is 0 Å². The van der Waals surface area contributed by atoms with Gasteiger partial charge in [0, 0.05) is 18.2 Å². The van der Waals surface area contributed by atoms with Crippen LogP contribution in [-0.4, -0.2) is 32.1 Å². The summed E-state index contributed by atoms with van der Waals surface area (Å²) >= 11 is 1.50. The molecule has 0 aliphatic rings. The summed E-state index contributed by atoms with van der Waals surface area (Å²) in [6, 6.07) is 17.5. The fourth-order valence-corrected chi connectivity index (χ4v) is 3.32. The molecule has 0 saturated heterocycles. The van der Waals surface area contributed by atoms with E-state index in [1.165, 1.54) is 11.8 Å². The van der Waals surface area contributed by atoms with Crippen molar-refractivity contribution in [3.05, 3.63) is 60.5 Å². The van der Waals surface area contributed by atoms with E-state index in [-0.39, 0.29) is 0 Å². The Morgan fingerprint density at radius 2 is 1.70 bits per heavy atom. The average Bonchev–Trinajstić information content (AvgIpc) is 3.34. The van der Waals surface area contributed by atoms with Crippen LogP contribution in [0.15, 0.2) is 64.2 Å².